The zero-order valence-corrected chi connectivity index (χ0v) is 22.2. The molecule has 3 unspecified atom stereocenters. The van der Waals surface area contributed by atoms with Crippen LogP contribution in [0.3, 0.4) is 0 Å². The van der Waals surface area contributed by atoms with E-state index < -0.39 is 5.60 Å². The Bertz CT molecular complexity index is 1180. The largest absolute Gasteiger partial charge is 0.508 e. The second kappa shape index (κ2) is 10.8. The third-order valence-corrected chi connectivity index (χ3v) is 7.88. The molecule has 3 aliphatic rings. The van der Waals surface area contributed by atoms with E-state index in [9.17, 15) is 10.2 Å². The minimum Gasteiger partial charge on any atom is -0.508 e. The molecule has 1 aromatic heterocycles. The first-order valence-corrected chi connectivity index (χ1v) is 13.5. The molecule has 3 heterocycles. The predicted molar refractivity (Wildman–Crippen MR) is 148 cm³/mol. The van der Waals surface area contributed by atoms with Gasteiger partial charge in [-0.1, -0.05) is 30.4 Å². The second-order valence-electron chi connectivity index (χ2n) is 10.8. The Morgan fingerprint density at radius 2 is 2.03 bits per heavy atom. The Kier molecular flexibility index (Phi) is 7.52. The zero-order valence-electron chi connectivity index (χ0n) is 22.2. The van der Waals surface area contributed by atoms with Gasteiger partial charge in [-0.3, -0.25) is 4.98 Å². The number of ether oxygens (including phenoxy) is 1. The van der Waals surface area contributed by atoms with Crippen LogP contribution in [0, 0.1) is 5.92 Å². The molecule has 0 bridgehead atoms. The number of anilines is 1. The lowest BCUT2D eigenvalue weighted by molar-refractivity contribution is 0.0570. The molecule has 0 radical (unpaired) electrons. The van der Waals surface area contributed by atoms with E-state index in [4.69, 9.17) is 4.74 Å². The van der Waals surface area contributed by atoms with E-state index in [0.29, 0.717) is 18.4 Å². The smallest absolute Gasteiger partial charge is 0.115 e. The average molecular weight is 502 g/mol. The molecule has 2 aliphatic heterocycles. The van der Waals surface area contributed by atoms with Crippen molar-refractivity contribution in [3.63, 3.8) is 0 Å². The molecule has 2 aromatic rings. The second-order valence-corrected chi connectivity index (χ2v) is 10.8. The molecule has 1 aromatic carbocycles. The number of likely N-dealkylation sites (tertiary alicyclic amines) is 1. The topological polar surface area (TPSA) is 69.1 Å². The first kappa shape index (κ1) is 25.7. The minimum atomic E-state index is -0.899. The van der Waals surface area contributed by atoms with Gasteiger partial charge in [0.15, 0.2) is 0 Å². The lowest BCUT2D eigenvalue weighted by atomic mass is 9.80. The van der Waals surface area contributed by atoms with Crippen molar-refractivity contribution in [2.75, 3.05) is 31.1 Å². The van der Waals surface area contributed by atoms with Gasteiger partial charge in [-0.15, -0.1) is 0 Å². The number of aromatic hydroxyl groups is 1. The number of phenolic OH excluding ortho intramolecular Hbond substituents is 1. The van der Waals surface area contributed by atoms with Gasteiger partial charge < -0.3 is 24.7 Å². The Morgan fingerprint density at radius 3 is 2.78 bits per heavy atom. The molecule has 5 rings (SSSR count). The molecular weight excluding hydrogens is 462 g/mol. The van der Waals surface area contributed by atoms with Crippen molar-refractivity contribution in [1.82, 2.24) is 9.88 Å². The quantitative estimate of drug-likeness (QED) is 0.560. The van der Waals surface area contributed by atoms with Crippen molar-refractivity contribution in [3.8, 4) is 5.75 Å². The van der Waals surface area contributed by atoms with Gasteiger partial charge in [0.2, 0.25) is 0 Å². The van der Waals surface area contributed by atoms with Crippen molar-refractivity contribution in [2.45, 2.75) is 58.0 Å². The van der Waals surface area contributed by atoms with Crippen molar-refractivity contribution in [3.05, 3.63) is 83.7 Å². The van der Waals surface area contributed by atoms with Gasteiger partial charge in [0.1, 0.15) is 5.75 Å². The normalized spacial score (nSPS) is 24.9. The van der Waals surface area contributed by atoms with E-state index in [1.54, 1.807) is 12.1 Å². The summed E-state index contributed by atoms with van der Waals surface area (Å²) in [4.78, 5) is 9.62. The summed E-state index contributed by atoms with van der Waals surface area (Å²) in [5.41, 5.74) is 4.56. The van der Waals surface area contributed by atoms with Gasteiger partial charge in [-0.05, 0) is 75.1 Å². The molecule has 196 valence electrons. The molecule has 1 fully saturated rings. The number of hydrogen-bond acceptors (Lipinski definition) is 6. The van der Waals surface area contributed by atoms with Gasteiger partial charge in [-0.2, -0.15) is 0 Å². The third-order valence-electron chi connectivity index (χ3n) is 7.88. The Morgan fingerprint density at radius 1 is 1.22 bits per heavy atom. The maximum absolute atomic E-state index is 10.7. The maximum atomic E-state index is 10.7. The molecule has 0 spiro atoms. The van der Waals surface area contributed by atoms with Crippen LogP contribution in [0.2, 0.25) is 0 Å². The molecule has 0 amide bonds. The summed E-state index contributed by atoms with van der Waals surface area (Å²) in [6.07, 6.45) is 12.5. The summed E-state index contributed by atoms with van der Waals surface area (Å²) in [6.45, 7) is 10.4. The summed E-state index contributed by atoms with van der Waals surface area (Å²) in [6, 6.07) is 12.2. The van der Waals surface area contributed by atoms with Crippen LogP contribution in [0.15, 0.2) is 72.5 Å². The van der Waals surface area contributed by atoms with Gasteiger partial charge in [-0.25, -0.2) is 0 Å². The van der Waals surface area contributed by atoms with Crippen molar-refractivity contribution in [2.24, 2.45) is 5.92 Å². The molecule has 1 aliphatic carbocycles. The number of pyridine rings is 1. The van der Waals surface area contributed by atoms with Crippen LogP contribution in [0.1, 0.15) is 44.9 Å². The molecule has 0 saturated carbocycles. The van der Waals surface area contributed by atoms with Gasteiger partial charge in [0.05, 0.1) is 24.0 Å². The fourth-order valence-electron chi connectivity index (χ4n) is 5.88. The highest BCUT2D eigenvalue weighted by molar-refractivity contribution is 5.72. The highest BCUT2D eigenvalue weighted by Gasteiger charge is 2.33. The standard InChI is InChI=1S/C31H39N3O3/c1-4-34(23-10-12-25(35)13-11-23)24-15-18-33(20-24)17-6-8-26-27-7-5-16-32-29(27)21-37-30-14-9-22(19-28(26)30)31(2,3)36/h5,7-14,16,19,24,28,30,35-36H,4,6,15,17-18,20-21H2,1-3H3/b26-8+. The van der Waals surface area contributed by atoms with Crippen LogP contribution in [-0.4, -0.2) is 64.0 Å². The number of rotatable bonds is 7. The monoisotopic (exact) mass is 501 g/mol. The fourth-order valence-corrected chi connectivity index (χ4v) is 5.88. The Hall–Kier alpha value is -2.93. The Labute approximate surface area is 220 Å². The molecule has 3 atom stereocenters. The summed E-state index contributed by atoms with van der Waals surface area (Å²) < 4.78 is 6.26. The number of aliphatic hydroxyl groups is 1. The van der Waals surface area contributed by atoms with E-state index in [1.807, 2.05) is 44.3 Å². The zero-order chi connectivity index (χ0) is 26.0. The fraction of sp³-hybridized carbons (Fsp3) is 0.452. The number of fused-ring (bicyclic) bond motifs is 2. The number of phenols is 1. The van der Waals surface area contributed by atoms with Crippen LogP contribution in [0.25, 0.3) is 5.57 Å². The lowest BCUT2D eigenvalue weighted by Gasteiger charge is -2.30. The van der Waals surface area contributed by atoms with E-state index in [2.05, 4.69) is 46.0 Å². The van der Waals surface area contributed by atoms with Gasteiger partial charge in [0, 0.05) is 55.6 Å². The molecular formula is C31H39N3O3. The minimum absolute atomic E-state index is 0.0493. The highest BCUT2D eigenvalue weighted by atomic mass is 16.5. The van der Waals surface area contributed by atoms with Crippen LogP contribution in [0.4, 0.5) is 5.69 Å². The maximum Gasteiger partial charge on any atom is 0.115 e. The molecule has 1 saturated heterocycles. The van der Waals surface area contributed by atoms with Crippen LogP contribution in [0.5, 0.6) is 5.75 Å². The Balaban J connectivity index is 1.32. The summed E-state index contributed by atoms with van der Waals surface area (Å²) in [7, 11) is 0. The van der Waals surface area contributed by atoms with E-state index in [-0.39, 0.29) is 12.0 Å². The first-order valence-electron chi connectivity index (χ1n) is 13.5. The van der Waals surface area contributed by atoms with Crippen LogP contribution < -0.4 is 4.90 Å². The van der Waals surface area contributed by atoms with E-state index >= 15 is 0 Å². The van der Waals surface area contributed by atoms with Crippen molar-refractivity contribution < 1.29 is 14.9 Å². The van der Waals surface area contributed by atoms with Crippen molar-refractivity contribution in [1.29, 1.82) is 0 Å². The number of benzene rings is 1. The third kappa shape index (κ3) is 5.66. The molecule has 2 N–H and O–H groups in total. The summed E-state index contributed by atoms with van der Waals surface area (Å²) in [5, 5.41) is 20.3. The number of hydrogen-bond donors (Lipinski definition) is 2. The van der Waals surface area contributed by atoms with Gasteiger partial charge >= 0.3 is 0 Å². The summed E-state index contributed by atoms with van der Waals surface area (Å²) >= 11 is 0. The van der Waals surface area contributed by atoms with Crippen molar-refractivity contribution >= 4 is 11.3 Å². The molecule has 6 nitrogen and oxygen atoms in total. The summed E-state index contributed by atoms with van der Waals surface area (Å²) in [5.74, 6) is 0.357. The highest BCUT2D eigenvalue weighted by Crippen LogP contribution is 2.39. The van der Waals surface area contributed by atoms with Crippen LogP contribution >= 0.6 is 0 Å². The molecule has 37 heavy (non-hydrogen) atoms. The average Bonchev–Trinajstić information content (AvgIpc) is 3.28. The first-order chi connectivity index (χ1) is 17.8. The van der Waals surface area contributed by atoms with E-state index in [1.165, 1.54) is 11.3 Å². The lowest BCUT2D eigenvalue weighted by Crippen LogP contribution is -2.37. The van der Waals surface area contributed by atoms with Gasteiger partial charge in [0.25, 0.3) is 0 Å². The number of nitrogens with zero attached hydrogens (tertiary/aromatic N) is 3. The number of aromatic nitrogens is 1. The SMILES string of the molecule is CCN(c1ccc(O)cc1)C1CCN(CC/C=C2\c3cccnc3COC3C=CC(C(C)(C)O)=CC23)C1. The van der Waals surface area contributed by atoms with E-state index in [0.717, 1.165) is 55.9 Å². The van der Waals surface area contributed by atoms with Crippen LogP contribution in [-0.2, 0) is 11.3 Å². The molecule has 6 heteroatoms. The number of likely N-dealkylation sites (N-methyl/N-ethyl adjacent to an activating group) is 1. The predicted octanol–water partition coefficient (Wildman–Crippen LogP) is 4.94.